The van der Waals surface area contributed by atoms with E-state index in [4.69, 9.17) is 0 Å². The maximum absolute atomic E-state index is 13.7. The predicted molar refractivity (Wildman–Crippen MR) is 146 cm³/mol. The Morgan fingerprint density at radius 1 is 1.11 bits per heavy atom. The molecule has 0 aromatic heterocycles. The van der Waals surface area contributed by atoms with Crippen LogP contribution in [0.2, 0.25) is 0 Å². The summed E-state index contributed by atoms with van der Waals surface area (Å²) in [5.41, 5.74) is 1.21. The number of aryl methyl sites for hydroxylation is 1. The minimum absolute atomic E-state index is 0.0531. The number of nitrogens with zero attached hydrogens (tertiary/aromatic N) is 3. The molecule has 0 bridgehead atoms. The summed E-state index contributed by atoms with van der Waals surface area (Å²) in [7, 11) is -3.98. The average Bonchev–Trinajstić information content (AvgIpc) is 2.88. The molecule has 1 unspecified atom stereocenters. The van der Waals surface area contributed by atoms with E-state index in [1.165, 1.54) is 17.0 Å². The van der Waals surface area contributed by atoms with Crippen LogP contribution in [0, 0.1) is 17.0 Å². The highest BCUT2D eigenvalue weighted by Crippen LogP contribution is 2.28. The number of sulfonamides is 1. The van der Waals surface area contributed by atoms with E-state index in [9.17, 15) is 28.1 Å². The average molecular weight is 545 g/mol. The topological polar surface area (TPSA) is 130 Å². The van der Waals surface area contributed by atoms with Crippen LogP contribution in [-0.4, -0.2) is 61.5 Å². The van der Waals surface area contributed by atoms with Crippen molar-refractivity contribution in [2.75, 3.05) is 23.7 Å². The molecule has 1 saturated carbocycles. The third-order valence-electron chi connectivity index (χ3n) is 6.95. The lowest BCUT2D eigenvalue weighted by Gasteiger charge is -2.33. The van der Waals surface area contributed by atoms with E-state index in [1.807, 2.05) is 30.3 Å². The van der Waals surface area contributed by atoms with Gasteiger partial charge in [0.15, 0.2) is 0 Å². The van der Waals surface area contributed by atoms with Crippen LogP contribution in [0.3, 0.4) is 0 Å². The summed E-state index contributed by atoms with van der Waals surface area (Å²) in [6.07, 6.45) is 6.44. The van der Waals surface area contributed by atoms with E-state index >= 15 is 0 Å². The Bertz CT molecular complexity index is 1250. The number of hydrogen-bond acceptors (Lipinski definition) is 6. The fraction of sp³-hybridized carbons (Fsp3) is 0.481. The van der Waals surface area contributed by atoms with Crippen LogP contribution < -0.4 is 9.62 Å². The Morgan fingerprint density at radius 2 is 1.76 bits per heavy atom. The molecule has 0 saturated heterocycles. The van der Waals surface area contributed by atoms with Gasteiger partial charge in [0.25, 0.3) is 5.69 Å². The lowest BCUT2D eigenvalue weighted by Crippen LogP contribution is -2.53. The molecule has 10 nitrogen and oxygen atoms in total. The molecule has 2 aromatic rings. The second kappa shape index (κ2) is 12.9. The summed E-state index contributed by atoms with van der Waals surface area (Å²) >= 11 is 0. The SMILES string of the molecule is Cc1ccc([N+](=O)[O-])cc1N(CC(=O)N(CCc1ccccc1)C(C)C(=O)NC1CCCCC1)S(C)(=O)=O. The second-order valence-corrected chi connectivity index (χ2v) is 11.7. The van der Waals surface area contributed by atoms with Gasteiger partial charge in [-0.3, -0.25) is 24.0 Å². The van der Waals surface area contributed by atoms with Crippen molar-refractivity contribution in [3.63, 3.8) is 0 Å². The quantitative estimate of drug-likeness (QED) is 0.340. The van der Waals surface area contributed by atoms with E-state index in [1.54, 1.807) is 13.8 Å². The highest BCUT2D eigenvalue weighted by molar-refractivity contribution is 7.92. The molecule has 1 atom stereocenters. The molecule has 3 rings (SSSR count). The van der Waals surface area contributed by atoms with Crippen molar-refractivity contribution in [1.82, 2.24) is 10.2 Å². The minimum atomic E-state index is -3.98. The van der Waals surface area contributed by atoms with Crippen molar-refractivity contribution < 1.29 is 22.9 Å². The van der Waals surface area contributed by atoms with Crippen LogP contribution in [0.15, 0.2) is 48.5 Å². The van der Waals surface area contributed by atoms with Crippen molar-refractivity contribution in [1.29, 1.82) is 0 Å². The van der Waals surface area contributed by atoms with Gasteiger partial charge in [-0.1, -0.05) is 55.7 Å². The van der Waals surface area contributed by atoms with Crippen LogP contribution in [0.5, 0.6) is 0 Å². The van der Waals surface area contributed by atoms with Crippen molar-refractivity contribution in [2.24, 2.45) is 0 Å². The first-order chi connectivity index (χ1) is 18.0. The molecule has 11 heteroatoms. The number of nitro groups is 1. The van der Waals surface area contributed by atoms with Gasteiger partial charge in [0, 0.05) is 24.7 Å². The van der Waals surface area contributed by atoms with Gasteiger partial charge in [-0.15, -0.1) is 0 Å². The monoisotopic (exact) mass is 544 g/mol. The van der Waals surface area contributed by atoms with E-state index in [0.717, 1.165) is 54.3 Å². The highest BCUT2D eigenvalue weighted by atomic mass is 32.2. The number of rotatable bonds is 11. The number of nitrogens with one attached hydrogen (secondary N) is 1. The number of anilines is 1. The molecule has 0 radical (unpaired) electrons. The first-order valence-electron chi connectivity index (χ1n) is 12.8. The number of benzene rings is 2. The van der Waals surface area contributed by atoms with Gasteiger partial charge in [-0.05, 0) is 44.2 Å². The van der Waals surface area contributed by atoms with E-state index < -0.39 is 33.4 Å². The number of amides is 2. The van der Waals surface area contributed by atoms with Crippen molar-refractivity contribution in [3.8, 4) is 0 Å². The zero-order valence-corrected chi connectivity index (χ0v) is 22.9. The molecule has 1 aliphatic rings. The molecule has 0 aliphatic heterocycles. The Morgan fingerprint density at radius 3 is 2.37 bits per heavy atom. The molecule has 1 aliphatic carbocycles. The van der Waals surface area contributed by atoms with E-state index in [2.05, 4.69) is 5.32 Å². The van der Waals surface area contributed by atoms with Gasteiger partial charge in [0.05, 0.1) is 16.9 Å². The molecule has 2 aromatic carbocycles. The Labute approximate surface area is 224 Å². The van der Waals surface area contributed by atoms with Gasteiger partial charge < -0.3 is 10.2 Å². The summed E-state index contributed by atoms with van der Waals surface area (Å²) in [4.78, 5) is 39.0. The van der Waals surface area contributed by atoms with Crippen LogP contribution >= 0.6 is 0 Å². The molecule has 0 heterocycles. The maximum atomic E-state index is 13.7. The van der Waals surface area contributed by atoms with Gasteiger partial charge in [0.2, 0.25) is 21.8 Å². The van der Waals surface area contributed by atoms with E-state index in [-0.39, 0.29) is 29.9 Å². The molecule has 1 N–H and O–H groups in total. The Hall–Kier alpha value is -3.47. The largest absolute Gasteiger partial charge is 0.352 e. The zero-order valence-electron chi connectivity index (χ0n) is 22.1. The normalized spacial score (nSPS) is 14.9. The van der Waals surface area contributed by atoms with E-state index in [0.29, 0.717) is 12.0 Å². The number of carbonyl (C=O) groups is 2. The van der Waals surface area contributed by atoms with Crippen LogP contribution in [0.1, 0.15) is 50.2 Å². The lowest BCUT2D eigenvalue weighted by atomic mass is 9.95. The molecule has 206 valence electrons. The predicted octanol–water partition coefficient (Wildman–Crippen LogP) is 3.58. The standard InChI is InChI=1S/C27H36N4O6S/c1-20-14-15-24(31(34)35)18-25(20)30(38(3,36)37)19-26(32)29(17-16-22-10-6-4-7-11-22)21(2)27(33)28-23-12-8-5-9-13-23/h4,6-7,10-11,14-15,18,21,23H,5,8-9,12-13,16-17,19H2,1-3H3,(H,28,33). The lowest BCUT2D eigenvalue weighted by molar-refractivity contribution is -0.384. The number of carbonyl (C=O) groups excluding carboxylic acids is 2. The summed E-state index contributed by atoms with van der Waals surface area (Å²) < 4.78 is 26.4. The number of nitro benzene ring substituents is 1. The fourth-order valence-corrected chi connectivity index (χ4v) is 5.61. The number of hydrogen-bond donors (Lipinski definition) is 1. The minimum Gasteiger partial charge on any atom is -0.352 e. The molecular formula is C27H36N4O6S. The second-order valence-electron chi connectivity index (χ2n) is 9.84. The summed E-state index contributed by atoms with van der Waals surface area (Å²) in [5, 5.41) is 14.4. The van der Waals surface area contributed by atoms with Crippen LogP contribution in [-0.2, 0) is 26.0 Å². The van der Waals surface area contributed by atoms with Crippen molar-refractivity contribution in [3.05, 3.63) is 69.8 Å². The molecule has 2 amide bonds. The Balaban J connectivity index is 1.88. The maximum Gasteiger partial charge on any atom is 0.271 e. The fourth-order valence-electron chi connectivity index (χ4n) is 4.71. The van der Waals surface area contributed by atoms with Gasteiger partial charge in [-0.2, -0.15) is 0 Å². The molecule has 0 spiro atoms. The summed E-state index contributed by atoms with van der Waals surface area (Å²) in [5.74, 6) is -0.848. The first-order valence-corrected chi connectivity index (χ1v) is 14.7. The zero-order chi connectivity index (χ0) is 27.9. The summed E-state index contributed by atoms with van der Waals surface area (Å²) in [6.45, 7) is 2.88. The third-order valence-corrected chi connectivity index (χ3v) is 8.08. The van der Waals surface area contributed by atoms with Crippen LogP contribution in [0.4, 0.5) is 11.4 Å². The third kappa shape index (κ3) is 7.77. The highest BCUT2D eigenvalue weighted by Gasteiger charge is 2.31. The van der Waals surface area contributed by atoms with Crippen molar-refractivity contribution in [2.45, 2.75) is 64.5 Å². The van der Waals surface area contributed by atoms with Crippen LogP contribution in [0.25, 0.3) is 0 Å². The molecular weight excluding hydrogens is 508 g/mol. The molecule has 1 fully saturated rings. The Kier molecular flexibility index (Phi) is 9.84. The number of non-ortho nitro benzene ring substituents is 1. The summed E-state index contributed by atoms with van der Waals surface area (Å²) in [6, 6.07) is 12.6. The van der Waals surface area contributed by atoms with Gasteiger partial charge in [0.1, 0.15) is 12.6 Å². The smallest absolute Gasteiger partial charge is 0.271 e. The molecule has 38 heavy (non-hydrogen) atoms. The first kappa shape index (κ1) is 29.1. The van der Waals surface area contributed by atoms with Gasteiger partial charge >= 0.3 is 0 Å². The van der Waals surface area contributed by atoms with Crippen molar-refractivity contribution >= 4 is 33.2 Å². The van der Waals surface area contributed by atoms with Gasteiger partial charge in [-0.25, -0.2) is 8.42 Å².